The van der Waals surface area contributed by atoms with E-state index in [1.165, 1.54) is 21.0 Å². The van der Waals surface area contributed by atoms with E-state index in [1.807, 2.05) is 32.0 Å². The van der Waals surface area contributed by atoms with Crippen LogP contribution in [-0.4, -0.2) is 19.0 Å². The summed E-state index contributed by atoms with van der Waals surface area (Å²) in [5, 5.41) is 1.35. The van der Waals surface area contributed by atoms with Crippen molar-refractivity contribution in [2.75, 3.05) is 7.11 Å². The Bertz CT molecular complexity index is 762. The van der Waals surface area contributed by atoms with Gasteiger partial charge in [-0.1, -0.05) is 38.1 Å². The van der Waals surface area contributed by atoms with Gasteiger partial charge in [-0.2, -0.15) is 0 Å². The van der Waals surface area contributed by atoms with Gasteiger partial charge in [0.05, 0.1) is 7.11 Å². The van der Waals surface area contributed by atoms with Gasteiger partial charge in [-0.15, -0.1) is 0 Å². The molecule has 0 saturated carbocycles. The Morgan fingerprint density at radius 1 is 0.870 bits per heavy atom. The molecule has 0 radical (unpaired) electrons. The summed E-state index contributed by atoms with van der Waals surface area (Å²) < 4.78 is 16.4. The monoisotopic (exact) mass is 316 g/mol. The predicted octanol–water partition coefficient (Wildman–Crippen LogP) is 3.82. The Balaban J connectivity index is 2.94. The van der Waals surface area contributed by atoms with Gasteiger partial charge < -0.3 is 14.2 Å². The van der Waals surface area contributed by atoms with Crippen molar-refractivity contribution < 1.29 is 23.8 Å². The molecule has 0 aliphatic rings. The van der Waals surface area contributed by atoms with Crippen LogP contribution in [0.25, 0.3) is 10.8 Å². The molecule has 0 atom stereocenters. The molecule has 0 bridgehead atoms. The van der Waals surface area contributed by atoms with E-state index < -0.39 is 11.9 Å². The minimum Gasteiger partial charge on any atom is -0.492 e. The standard InChI is InChI=1S/C18H20O5/c1-10(2)15-16(22-11(3)19)13-8-6-7-9-14(13)17(18(15)21-5)23-12(4)20/h6-10H,1-5H3. The molecule has 2 rings (SSSR count). The molecule has 122 valence electrons. The average Bonchev–Trinajstić information content (AvgIpc) is 2.47. The zero-order chi connectivity index (χ0) is 17.1. The third-order valence-corrected chi connectivity index (χ3v) is 3.38. The number of rotatable bonds is 4. The van der Waals surface area contributed by atoms with E-state index in [-0.39, 0.29) is 5.92 Å². The normalized spacial score (nSPS) is 10.7. The lowest BCUT2D eigenvalue weighted by Crippen LogP contribution is -2.10. The van der Waals surface area contributed by atoms with Gasteiger partial charge in [-0.3, -0.25) is 9.59 Å². The first-order chi connectivity index (χ1) is 10.9. The van der Waals surface area contributed by atoms with E-state index in [9.17, 15) is 9.59 Å². The lowest BCUT2D eigenvalue weighted by molar-refractivity contribution is -0.133. The van der Waals surface area contributed by atoms with Crippen LogP contribution in [0.4, 0.5) is 0 Å². The Kier molecular flexibility index (Phi) is 4.89. The van der Waals surface area contributed by atoms with Crippen LogP contribution in [0.1, 0.15) is 39.2 Å². The van der Waals surface area contributed by atoms with Crippen LogP contribution in [-0.2, 0) is 9.59 Å². The average molecular weight is 316 g/mol. The highest BCUT2D eigenvalue weighted by Crippen LogP contribution is 2.48. The van der Waals surface area contributed by atoms with Gasteiger partial charge >= 0.3 is 11.9 Å². The topological polar surface area (TPSA) is 61.8 Å². The Morgan fingerprint density at radius 2 is 1.35 bits per heavy atom. The second-order valence-electron chi connectivity index (χ2n) is 5.49. The van der Waals surface area contributed by atoms with Gasteiger partial charge in [-0.25, -0.2) is 0 Å². The smallest absolute Gasteiger partial charge is 0.308 e. The van der Waals surface area contributed by atoms with Crippen molar-refractivity contribution in [1.82, 2.24) is 0 Å². The maximum atomic E-state index is 11.5. The number of esters is 2. The molecule has 0 fully saturated rings. The number of hydrogen-bond acceptors (Lipinski definition) is 5. The molecule has 0 aliphatic heterocycles. The van der Waals surface area contributed by atoms with Gasteiger partial charge in [0.1, 0.15) is 5.75 Å². The summed E-state index contributed by atoms with van der Waals surface area (Å²) in [6.07, 6.45) is 0. The molecule has 0 amide bonds. The Morgan fingerprint density at radius 3 is 1.78 bits per heavy atom. The lowest BCUT2D eigenvalue weighted by Gasteiger charge is -2.21. The fourth-order valence-electron chi connectivity index (χ4n) is 2.60. The number of methoxy groups -OCH3 is 1. The van der Waals surface area contributed by atoms with E-state index >= 15 is 0 Å². The highest BCUT2D eigenvalue weighted by atomic mass is 16.6. The van der Waals surface area contributed by atoms with Crippen LogP contribution in [0.2, 0.25) is 0 Å². The van der Waals surface area contributed by atoms with E-state index in [1.54, 1.807) is 6.07 Å². The molecule has 0 heterocycles. The molecule has 2 aromatic rings. The SMILES string of the molecule is COc1c(C(C)C)c(OC(C)=O)c2ccccc2c1OC(C)=O. The summed E-state index contributed by atoms with van der Waals surface area (Å²) in [7, 11) is 1.50. The Hall–Kier alpha value is -2.56. The van der Waals surface area contributed by atoms with Crippen LogP contribution in [0, 0.1) is 0 Å². The van der Waals surface area contributed by atoms with Crippen molar-refractivity contribution in [1.29, 1.82) is 0 Å². The molecule has 0 aliphatic carbocycles. The van der Waals surface area contributed by atoms with Crippen molar-refractivity contribution >= 4 is 22.7 Å². The van der Waals surface area contributed by atoms with Crippen molar-refractivity contribution in [2.24, 2.45) is 0 Å². The first kappa shape index (κ1) is 16.8. The fraction of sp³-hybridized carbons (Fsp3) is 0.333. The van der Waals surface area contributed by atoms with Crippen molar-refractivity contribution in [3.63, 3.8) is 0 Å². The number of ether oxygens (including phenoxy) is 3. The minimum atomic E-state index is -0.441. The van der Waals surface area contributed by atoms with Crippen LogP contribution >= 0.6 is 0 Å². The summed E-state index contributed by atoms with van der Waals surface area (Å²) in [4.78, 5) is 23.1. The summed E-state index contributed by atoms with van der Waals surface area (Å²) in [5.41, 5.74) is 0.692. The first-order valence-electron chi connectivity index (χ1n) is 7.36. The zero-order valence-corrected chi connectivity index (χ0v) is 13.9. The van der Waals surface area contributed by atoms with E-state index in [0.717, 1.165) is 0 Å². The van der Waals surface area contributed by atoms with Gasteiger partial charge in [-0.05, 0) is 5.92 Å². The Labute approximate surface area is 135 Å². The lowest BCUT2D eigenvalue weighted by atomic mass is 9.95. The number of carbonyl (C=O) groups is 2. The molecule has 0 unspecified atom stereocenters. The maximum Gasteiger partial charge on any atom is 0.308 e. The van der Waals surface area contributed by atoms with Gasteiger partial charge in [0, 0.05) is 30.2 Å². The van der Waals surface area contributed by atoms with Crippen LogP contribution < -0.4 is 14.2 Å². The van der Waals surface area contributed by atoms with Gasteiger partial charge in [0.2, 0.25) is 0 Å². The third-order valence-electron chi connectivity index (χ3n) is 3.38. The molecule has 0 saturated heterocycles. The summed E-state index contributed by atoms with van der Waals surface area (Å²) in [6, 6.07) is 7.28. The predicted molar refractivity (Wildman–Crippen MR) is 87.2 cm³/mol. The maximum absolute atomic E-state index is 11.5. The second kappa shape index (κ2) is 6.69. The zero-order valence-electron chi connectivity index (χ0n) is 13.9. The number of benzene rings is 2. The molecule has 2 aromatic carbocycles. The van der Waals surface area contributed by atoms with Crippen LogP contribution in [0.3, 0.4) is 0 Å². The molecule has 0 spiro atoms. The largest absolute Gasteiger partial charge is 0.492 e. The third kappa shape index (κ3) is 3.28. The van der Waals surface area contributed by atoms with Gasteiger partial charge in [0.25, 0.3) is 0 Å². The fourth-order valence-corrected chi connectivity index (χ4v) is 2.60. The molecule has 0 N–H and O–H groups in total. The van der Waals surface area contributed by atoms with Crippen LogP contribution in [0.5, 0.6) is 17.2 Å². The number of fused-ring (bicyclic) bond motifs is 1. The molecule has 5 nitrogen and oxygen atoms in total. The first-order valence-corrected chi connectivity index (χ1v) is 7.36. The van der Waals surface area contributed by atoms with Crippen molar-refractivity contribution in [3.05, 3.63) is 29.8 Å². The van der Waals surface area contributed by atoms with Crippen molar-refractivity contribution in [3.8, 4) is 17.2 Å². The molecular formula is C18H20O5. The molecule has 0 aromatic heterocycles. The summed E-state index contributed by atoms with van der Waals surface area (Å²) in [5.74, 6) is 0.331. The molecular weight excluding hydrogens is 296 g/mol. The van der Waals surface area contributed by atoms with Crippen LogP contribution in [0.15, 0.2) is 24.3 Å². The highest BCUT2D eigenvalue weighted by molar-refractivity contribution is 5.99. The summed E-state index contributed by atoms with van der Waals surface area (Å²) in [6.45, 7) is 6.60. The minimum absolute atomic E-state index is 0.00165. The quantitative estimate of drug-likeness (QED) is 0.634. The summed E-state index contributed by atoms with van der Waals surface area (Å²) >= 11 is 0. The van der Waals surface area contributed by atoms with Crippen molar-refractivity contribution in [2.45, 2.75) is 33.6 Å². The number of hydrogen-bond donors (Lipinski definition) is 0. The van der Waals surface area contributed by atoms with E-state index in [4.69, 9.17) is 14.2 Å². The number of carbonyl (C=O) groups excluding carboxylic acids is 2. The highest BCUT2D eigenvalue weighted by Gasteiger charge is 2.26. The van der Waals surface area contributed by atoms with Gasteiger partial charge in [0.15, 0.2) is 11.5 Å². The second-order valence-corrected chi connectivity index (χ2v) is 5.49. The van der Waals surface area contributed by atoms with E-state index in [0.29, 0.717) is 33.6 Å². The molecule has 5 heteroatoms. The van der Waals surface area contributed by atoms with E-state index in [2.05, 4.69) is 0 Å². The molecule has 23 heavy (non-hydrogen) atoms.